The average Bonchev–Trinajstić information content (AvgIpc) is 2.58. The predicted molar refractivity (Wildman–Crippen MR) is 90.4 cm³/mol. The Morgan fingerprint density at radius 2 is 2.17 bits per heavy atom. The summed E-state index contributed by atoms with van der Waals surface area (Å²) >= 11 is 0. The van der Waals surface area contributed by atoms with E-state index in [4.69, 9.17) is 9.47 Å². The van der Waals surface area contributed by atoms with Gasteiger partial charge in [-0.1, -0.05) is 6.07 Å². The Balaban J connectivity index is 1.60. The molecule has 1 aromatic heterocycles. The molecule has 1 aliphatic carbocycles. The zero-order valence-electron chi connectivity index (χ0n) is 14.3. The van der Waals surface area contributed by atoms with Gasteiger partial charge in [0, 0.05) is 44.0 Å². The van der Waals surface area contributed by atoms with Gasteiger partial charge in [0.05, 0.1) is 25.0 Å². The average molecular weight is 319 g/mol. The van der Waals surface area contributed by atoms with E-state index in [0.717, 1.165) is 58.0 Å². The molecule has 1 N–H and O–H groups in total. The van der Waals surface area contributed by atoms with Gasteiger partial charge < -0.3 is 14.8 Å². The number of nitrogens with zero attached hydrogens (tertiary/aromatic N) is 2. The van der Waals surface area contributed by atoms with Gasteiger partial charge in [0.2, 0.25) is 0 Å². The summed E-state index contributed by atoms with van der Waals surface area (Å²) in [6.07, 6.45) is 4.50. The third kappa shape index (κ3) is 3.91. The number of hydrogen-bond donors (Lipinski definition) is 1. The van der Waals surface area contributed by atoms with Crippen LogP contribution in [0.1, 0.15) is 38.4 Å². The number of rotatable bonds is 7. The number of nitrogens with one attached hydrogen (secondary N) is 1. The van der Waals surface area contributed by atoms with Gasteiger partial charge in [0.1, 0.15) is 0 Å². The summed E-state index contributed by atoms with van der Waals surface area (Å²) in [7, 11) is 0. The van der Waals surface area contributed by atoms with Gasteiger partial charge in [-0.3, -0.25) is 9.88 Å². The van der Waals surface area contributed by atoms with Crippen molar-refractivity contribution in [1.82, 2.24) is 15.2 Å². The zero-order valence-corrected chi connectivity index (χ0v) is 14.3. The van der Waals surface area contributed by atoms with Crippen LogP contribution < -0.4 is 5.32 Å². The molecule has 0 spiro atoms. The highest BCUT2D eigenvalue weighted by Crippen LogP contribution is 2.40. The van der Waals surface area contributed by atoms with Crippen molar-refractivity contribution in [2.45, 2.75) is 44.4 Å². The van der Waals surface area contributed by atoms with Gasteiger partial charge in [0.15, 0.2) is 0 Å². The van der Waals surface area contributed by atoms with Crippen LogP contribution >= 0.6 is 0 Å². The van der Waals surface area contributed by atoms with Crippen LogP contribution in [0.5, 0.6) is 0 Å². The van der Waals surface area contributed by atoms with E-state index in [9.17, 15) is 0 Å². The van der Waals surface area contributed by atoms with Crippen LogP contribution in [0.15, 0.2) is 24.4 Å². The molecule has 2 heterocycles. The number of morpholine rings is 1. The molecule has 5 heteroatoms. The lowest BCUT2D eigenvalue weighted by molar-refractivity contribution is -0.126. The van der Waals surface area contributed by atoms with E-state index in [-0.39, 0.29) is 11.6 Å². The molecule has 128 valence electrons. The minimum atomic E-state index is 0.215. The molecule has 5 nitrogen and oxygen atoms in total. The van der Waals surface area contributed by atoms with Crippen LogP contribution in [0.4, 0.5) is 0 Å². The van der Waals surface area contributed by atoms with Gasteiger partial charge >= 0.3 is 0 Å². The number of pyridine rings is 1. The Kier molecular flexibility index (Phi) is 5.64. The van der Waals surface area contributed by atoms with Crippen molar-refractivity contribution in [3.8, 4) is 0 Å². The fraction of sp³-hybridized carbons (Fsp3) is 0.722. The normalized spacial score (nSPS) is 29.9. The fourth-order valence-corrected chi connectivity index (χ4v) is 3.77. The van der Waals surface area contributed by atoms with Crippen LogP contribution in [-0.2, 0) is 9.47 Å². The van der Waals surface area contributed by atoms with E-state index in [0.29, 0.717) is 6.10 Å². The maximum Gasteiger partial charge on any atom is 0.0611 e. The monoisotopic (exact) mass is 319 g/mol. The Labute approximate surface area is 139 Å². The highest BCUT2D eigenvalue weighted by atomic mass is 16.5. The Morgan fingerprint density at radius 1 is 1.39 bits per heavy atom. The van der Waals surface area contributed by atoms with Gasteiger partial charge in [0.25, 0.3) is 0 Å². The number of ether oxygens (including phenoxy) is 2. The third-order valence-electron chi connectivity index (χ3n) is 5.17. The first-order chi connectivity index (χ1) is 11.2. The van der Waals surface area contributed by atoms with Crippen molar-refractivity contribution in [1.29, 1.82) is 0 Å². The molecular formula is C18H29N3O2. The van der Waals surface area contributed by atoms with E-state index in [1.54, 1.807) is 0 Å². The van der Waals surface area contributed by atoms with Gasteiger partial charge in [-0.2, -0.15) is 0 Å². The predicted octanol–water partition coefficient (Wildman–Crippen LogP) is 2.00. The van der Waals surface area contributed by atoms with E-state index in [1.807, 2.05) is 18.3 Å². The Hall–Kier alpha value is -1.01. The first-order valence-corrected chi connectivity index (χ1v) is 8.82. The second-order valence-electron chi connectivity index (χ2n) is 6.67. The summed E-state index contributed by atoms with van der Waals surface area (Å²) in [5.41, 5.74) is 1.32. The van der Waals surface area contributed by atoms with Crippen LogP contribution in [0.25, 0.3) is 0 Å². The Bertz CT molecular complexity index is 470. The van der Waals surface area contributed by atoms with E-state index in [2.05, 4.69) is 35.1 Å². The quantitative estimate of drug-likeness (QED) is 0.833. The minimum absolute atomic E-state index is 0.215. The largest absolute Gasteiger partial charge is 0.379 e. The third-order valence-corrected chi connectivity index (χ3v) is 5.17. The summed E-state index contributed by atoms with van der Waals surface area (Å²) < 4.78 is 11.3. The standard InChI is InChI=1S/C18H29N3O2/c1-3-23-16-12-18(13-16,21-8-10-22-11-9-21)14-20-15(2)17-6-4-5-7-19-17/h4-7,15-16,20H,3,8-14H2,1-2H3. The van der Waals surface area contributed by atoms with Crippen LogP contribution in [0, 0.1) is 0 Å². The molecule has 2 fully saturated rings. The van der Waals surface area contributed by atoms with E-state index in [1.165, 1.54) is 0 Å². The summed E-state index contributed by atoms with van der Waals surface area (Å²) in [5, 5.41) is 3.70. The van der Waals surface area contributed by atoms with Crippen molar-refractivity contribution < 1.29 is 9.47 Å². The molecule has 23 heavy (non-hydrogen) atoms. The second-order valence-corrected chi connectivity index (χ2v) is 6.67. The summed E-state index contributed by atoms with van der Waals surface area (Å²) in [6, 6.07) is 6.36. The SMILES string of the molecule is CCOC1CC(CNC(C)c2ccccn2)(N2CCOCC2)C1. The summed E-state index contributed by atoms with van der Waals surface area (Å²) in [4.78, 5) is 7.06. The number of hydrogen-bond acceptors (Lipinski definition) is 5. The molecule has 1 unspecified atom stereocenters. The second kappa shape index (κ2) is 7.71. The van der Waals surface area contributed by atoms with Crippen molar-refractivity contribution in [2.75, 3.05) is 39.5 Å². The maximum atomic E-state index is 5.82. The van der Waals surface area contributed by atoms with Crippen molar-refractivity contribution in [3.05, 3.63) is 30.1 Å². The van der Waals surface area contributed by atoms with Gasteiger partial charge in [-0.05, 0) is 38.8 Å². The minimum Gasteiger partial charge on any atom is -0.379 e. The first kappa shape index (κ1) is 16.8. The summed E-state index contributed by atoms with van der Waals surface area (Å²) in [5.74, 6) is 0. The first-order valence-electron chi connectivity index (χ1n) is 8.82. The van der Waals surface area contributed by atoms with Crippen molar-refractivity contribution in [2.24, 2.45) is 0 Å². The molecule has 1 saturated carbocycles. The molecule has 1 aliphatic heterocycles. The highest BCUT2D eigenvalue weighted by molar-refractivity contribution is 5.10. The van der Waals surface area contributed by atoms with Crippen LogP contribution in [-0.4, -0.2) is 61.0 Å². The van der Waals surface area contributed by atoms with Crippen LogP contribution in [0.3, 0.4) is 0 Å². The molecule has 0 radical (unpaired) electrons. The van der Waals surface area contributed by atoms with Gasteiger partial charge in [-0.15, -0.1) is 0 Å². The zero-order chi connectivity index (χ0) is 16.1. The molecule has 0 aromatic carbocycles. The fourth-order valence-electron chi connectivity index (χ4n) is 3.77. The smallest absolute Gasteiger partial charge is 0.0611 e. The van der Waals surface area contributed by atoms with Crippen molar-refractivity contribution in [3.63, 3.8) is 0 Å². The van der Waals surface area contributed by atoms with E-state index >= 15 is 0 Å². The Morgan fingerprint density at radius 3 is 2.83 bits per heavy atom. The maximum absolute atomic E-state index is 5.82. The topological polar surface area (TPSA) is 46.6 Å². The van der Waals surface area contributed by atoms with Gasteiger partial charge in [-0.25, -0.2) is 0 Å². The molecule has 1 saturated heterocycles. The molecule has 2 aliphatic rings. The van der Waals surface area contributed by atoms with Crippen LogP contribution in [0.2, 0.25) is 0 Å². The lowest BCUT2D eigenvalue weighted by Crippen LogP contribution is -2.66. The lowest BCUT2D eigenvalue weighted by Gasteiger charge is -2.55. The van der Waals surface area contributed by atoms with Crippen molar-refractivity contribution >= 4 is 0 Å². The molecular weight excluding hydrogens is 290 g/mol. The molecule has 0 amide bonds. The lowest BCUT2D eigenvalue weighted by atomic mass is 9.72. The number of aromatic nitrogens is 1. The molecule has 1 aromatic rings. The summed E-state index contributed by atoms with van der Waals surface area (Å²) in [6.45, 7) is 9.80. The van der Waals surface area contributed by atoms with E-state index < -0.39 is 0 Å². The molecule has 1 atom stereocenters. The molecule has 0 bridgehead atoms. The highest BCUT2D eigenvalue weighted by Gasteiger charge is 2.49. The molecule has 3 rings (SSSR count).